The van der Waals surface area contributed by atoms with Crippen LogP contribution >= 0.6 is 51.3 Å². The summed E-state index contributed by atoms with van der Waals surface area (Å²) in [4.78, 5) is 11.9. The molecule has 0 radical (unpaired) electrons. The number of hydrogen-bond acceptors (Lipinski definition) is 4. The van der Waals surface area contributed by atoms with Gasteiger partial charge in [-0.1, -0.05) is 23.2 Å². The summed E-state index contributed by atoms with van der Waals surface area (Å²) in [6, 6.07) is 10.1. The smallest absolute Gasteiger partial charge is 0.264 e. The van der Waals surface area contributed by atoms with Crippen molar-refractivity contribution in [2.45, 2.75) is 0 Å². The molecule has 0 saturated heterocycles. The van der Waals surface area contributed by atoms with E-state index < -0.39 is 5.91 Å². The van der Waals surface area contributed by atoms with Crippen molar-refractivity contribution in [2.75, 3.05) is 19.0 Å². The minimum atomic E-state index is -0.420. The van der Waals surface area contributed by atoms with Crippen LogP contribution in [0, 0.1) is 0 Å². The van der Waals surface area contributed by atoms with E-state index in [0.29, 0.717) is 27.2 Å². The van der Waals surface area contributed by atoms with Gasteiger partial charge in [-0.2, -0.15) is 0 Å². The van der Waals surface area contributed by atoms with Crippen LogP contribution in [-0.4, -0.2) is 24.7 Å². The van der Waals surface area contributed by atoms with Gasteiger partial charge in [-0.3, -0.25) is 10.1 Å². The third-order valence-electron chi connectivity index (χ3n) is 2.92. The zero-order chi connectivity index (χ0) is 18.4. The first-order chi connectivity index (χ1) is 11.9. The highest BCUT2D eigenvalue weighted by Crippen LogP contribution is 2.28. The Labute approximate surface area is 168 Å². The molecule has 0 aromatic heterocycles. The third kappa shape index (κ3) is 6.04. The van der Waals surface area contributed by atoms with Crippen LogP contribution in [0.2, 0.25) is 10.0 Å². The maximum atomic E-state index is 11.9. The second-order valence-electron chi connectivity index (χ2n) is 4.72. The van der Waals surface area contributed by atoms with E-state index in [9.17, 15) is 4.79 Å². The quantitative estimate of drug-likeness (QED) is 0.631. The molecule has 5 nitrogen and oxygen atoms in total. The molecule has 0 saturated carbocycles. The van der Waals surface area contributed by atoms with Crippen LogP contribution in [0.15, 0.2) is 40.9 Å². The number of carbonyl (C=O) groups is 1. The lowest BCUT2D eigenvalue weighted by molar-refractivity contribution is -0.121. The van der Waals surface area contributed by atoms with Gasteiger partial charge in [0.25, 0.3) is 5.91 Å². The summed E-state index contributed by atoms with van der Waals surface area (Å²) in [5, 5.41) is 6.37. The highest BCUT2D eigenvalue weighted by atomic mass is 79.9. The van der Waals surface area contributed by atoms with Gasteiger partial charge in [0.05, 0.1) is 16.6 Å². The first kappa shape index (κ1) is 19.8. The molecule has 2 aromatic carbocycles. The Bertz CT molecular complexity index is 805. The predicted molar refractivity (Wildman–Crippen MR) is 107 cm³/mol. The molecule has 2 rings (SSSR count). The number of methoxy groups -OCH3 is 1. The highest BCUT2D eigenvalue weighted by Gasteiger charge is 2.09. The summed E-state index contributed by atoms with van der Waals surface area (Å²) >= 11 is 20.2. The molecule has 0 bridgehead atoms. The van der Waals surface area contributed by atoms with Gasteiger partial charge >= 0.3 is 0 Å². The summed E-state index contributed by atoms with van der Waals surface area (Å²) in [6.07, 6.45) is 0. The van der Waals surface area contributed by atoms with E-state index in [1.807, 2.05) is 0 Å². The number of ether oxygens (including phenoxy) is 2. The van der Waals surface area contributed by atoms with E-state index in [4.69, 9.17) is 44.9 Å². The van der Waals surface area contributed by atoms with E-state index in [0.717, 1.165) is 4.47 Å². The molecular weight excluding hydrogens is 451 g/mol. The van der Waals surface area contributed by atoms with Crippen LogP contribution in [0.4, 0.5) is 5.69 Å². The molecule has 0 heterocycles. The fourth-order valence-corrected chi connectivity index (χ4v) is 3.04. The van der Waals surface area contributed by atoms with Crippen LogP contribution in [0.1, 0.15) is 0 Å². The van der Waals surface area contributed by atoms with Gasteiger partial charge in [-0.25, -0.2) is 0 Å². The standard InChI is InChI=1S/C16H13BrCl2N2O3S/c1-23-13-5-3-10(7-11(13)17)20-16(25)21-15(22)8-24-14-4-2-9(18)6-12(14)19/h2-7H,8H2,1H3,(H2,20,21,22,25). The minimum absolute atomic E-state index is 0.146. The lowest BCUT2D eigenvalue weighted by atomic mass is 10.3. The Hall–Kier alpha value is -1.54. The molecule has 0 unspecified atom stereocenters. The Balaban J connectivity index is 1.85. The van der Waals surface area contributed by atoms with Gasteiger partial charge in [0.15, 0.2) is 11.7 Å². The number of thiocarbonyl (C=S) groups is 1. The Kier molecular flexibility index (Phi) is 7.31. The van der Waals surface area contributed by atoms with Crippen molar-refractivity contribution in [1.29, 1.82) is 0 Å². The maximum absolute atomic E-state index is 11.9. The van der Waals surface area contributed by atoms with Gasteiger partial charge in [0.1, 0.15) is 11.5 Å². The van der Waals surface area contributed by atoms with Gasteiger partial charge in [0, 0.05) is 10.7 Å². The summed E-state index contributed by atoms with van der Waals surface area (Å²) < 4.78 is 11.2. The fraction of sp³-hybridized carbons (Fsp3) is 0.125. The second-order valence-corrected chi connectivity index (χ2v) is 6.82. The summed E-state index contributed by atoms with van der Waals surface area (Å²) in [5.74, 6) is 0.629. The number of hydrogen-bond donors (Lipinski definition) is 2. The van der Waals surface area contributed by atoms with E-state index in [2.05, 4.69) is 26.6 Å². The normalized spacial score (nSPS) is 10.1. The van der Waals surface area contributed by atoms with Crippen molar-refractivity contribution in [3.63, 3.8) is 0 Å². The van der Waals surface area contributed by atoms with Crippen LogP contribution in [0.3, 0.4) is 0 Å². The number of anilines is 1. The van der Waals surface area contributed by atoms with Gasteiger partial charge in [0.2, 0.25) is 0 Å². The average molecular weight is 464 g/mol. The van der Waals surface area contributed by atoms with Gasteiger partial charge < -0.3 is 14.8 Å². The number of nitrogens with one attached hydrogen (secondary N) is 2. The maximum Gasteiger partial charge on any atom is 0.264 e. The Morgan fingerprint density at radius 1 is 1.20 bits per heavy atom. The van der Waals surface area contributed by atoms with E-state index in [1.54, 1.807) is 37.4 Å². The summed E-state index contributed by atoms with van der Waals surface area (Å²) in [5.41, 5.74) is 0.694. The van der Waals surface area contributed by atoms with Crippen molar-refractivity contribution in [1.82, 2.24) is 5.32 Å². The molecule has 0 aliphatic carbocycles. The zero-order valence-corrected chi connectivity index (χ0v) is 16.9. The number of amides is 1. The second kappa shape index (κ2) is 9.24. The number of carbonyl (C=O) groups excluding carboxylic acids is 1. The minimum Gasteiger partial charge on any atom is -0.496 e. The van der Waals surface area contributed by atoms with Crippen LogP contribution in [0.25, 0.3) is 0 Å². The molecule has 0 atom stereocenters. The van der Waals surface area contributed by atoms with E-state index in [1.165, 1.54) is 6.07 Å². The molecular formula is C16H13BrCl2N2O3S. The first-order valence-electron chi connectivity index (χ1n) is 6.91. The fourth-order valence-electron chi connectivity index (χ4n) is 1.80. The molecule has 0 aliphatic heterocycles. The third-order valence-corrected chi connectivity index (χ3v) is 4.27. The highest BCUT2D eigenvalue weighted by molar-refractivity contribution is 9.10. The van der Waals surface area contributed by atoms with Gasteiger partial charge in [-0.05, 0) is 64.5 Å². The van der Waals surface area contributed by atoms with Gasteiger partial charge in [-0.15, -0.1) is 0 Å². The van der Waals surface area contributed by atoms with Crippen molar-refractivity contribution in [2.24, 2.45) is 0 Å². The number of benzene rings is 2. The first-order valence-corrected chi connectivity index (χ1v) is 8.87. The van der Waals surface area contributed by atoms with Crippen LogP contribution < -0.4 is 20.1 Å². The van der Waals surface area contributed by atoms with E-state index >= 15 is 0 Å². The molecule has 0 spiro atoms. The molecule has 25 heavy (non-hydrogen) atoms. The lowest BCUT2D eigenvalue weighted by Gasteiger charge is -2.12. The average Bonchev–Trinajstić information content (AvgIpc) is 2.54. The molecule has 1 amide bonds. The topological polar surface area (TPSA) is 59.6 Å². The number of rotatable bonds is 5. The lowest BCUT2D eigenvalue weighted by Crippen LogP contribution is -2.37. The summed E-state index contributed by atoms with van der Waals surface area (Å²) in [7, 11) is 1.57. The van der Waals surface area contributed by atoms with Crippen LogP contribution in [0.5, 0.6) is 11.5 Å². The Morgan fingerprint density at radius 3 is 2.56 bits per heavy atom. The predicted octanol–water partition coefficient (Wildman–Crippen LogP) is 4.66. The molecule has 0 fully saturated rings. The van der Waals surface area contributed by atoms with Crippen molar-refractivity contribution < 1.29 is 14.3 Å². The molecule has 0 aliphatic rings. The molecule has 132 valence electrons. The molecule has 9 heteroatoms. The SMILES string of the molecule is COc1ccc(NC(=S)NC(=O)COc2ccc(Cl)cc2Cl)cc1Br. The monoisotopic (exact) mass is 462 g/mol. The molecule has 2 aromatic rings. The summed E-state index contributed by atoms with van der Waals surface area (Å²) in [6.45, 7) is -0.241. The zero-order valence-electron chi connectivity index (χ0n) is 12.9. The van der Waals surface area contributed by atoms with Crippen molar-refractivity contribution in [3.8, 4) is 11.5 Å². The van der Waals surface area contributed by atoms with Crippen molar-refractivity contribution >= 4 is 68.1 Å². The van der Waals surface area contributed by atoms with Crippen LogP contribution in [-0.2, 0) is 4.79 Å². The molecule has 2 N–H and O–H groups in total. The van der Waals surface area contributed by atoms with Crippen molar-refractivity contribution in [3.05, 3.63) is 50.9 Å². The number of halogens is 3. The largest absolute Gasteiger partial charge is 0.496 e. The van der Waals surface area contributed by atoms with E-state index in [-0.39, 0.29) is 11.7 Å². The Morgan fingerprint density at radius 2 is 1.92 bits per heavy atom.